The minimum absolute atomic E-state index is 0.0141. The molecule has 0 saturated heterocycles. The second-order valence-corrected chi connectivity index (χ2v) is 5.78. The maximum Gasteiger partial charge on any atom is 0.222 e. The molecule has 102 valence electrons. The summed E-state index contributed by atoms with van der Waals surface area (Å²) in [6.07, 6.45) is 5.64. The van der Waals surface area contributed by atoms with E-state index in [1.165, 1.54) is 0 Å². The SMILES string of the molecule is Cn1ncc(Br)c1CNC(=O)CCn1cc(Br)cn1. The zero-order valence-electron chi connectivity index (χ0n) is 10.3. The Morgan fingerprint density at radius 2 is 2.16 bits per heavy atom. The minimum atomic E-state index is -0.0141. The fourth-order valence-electron chi connectivity index (χ4n) is 1.58. The molecule has 0 aliphatic heterocycles. The molecule has 2 aromatic rings. The average molecular weight is 391 g/mol. The van der Waals surface area contributed by atoms with Crippen LogP contribution in [0.4, 0.5) is 0 Å². The van der Waals surface area contributed by atoms with Crippen molar-refractivity contribution < 1.29 is 4.79 Å². The Balaban J connectivity index is 1.79. The number of hydrogen-bond acceptors (Lipinski definition) is 3. The quantitative estimate of drug-likeness (QED) is 0.847. The van der Waals surface area contributed by atoms with Crippen LogP contribution in [0.1, 0.15) is 12.1 Å². The molecule has 0 atom stereocenters. The summed E-state index contributed by atoms with van der Waals surface area (Å²) in [5.74, 6) is -0.0141. The van der Waals surface area contributed by atoms with Crippen molar-refractivity contribution in [3.8, 4) is 0 Å². The van der Waals surface area contributed by atoms with Crippen molar-refractivity contribution in [3.05, 3.63) is 33.2 Å². The van der Waals surface area contributed by atoms with E-state index in [-0.39, 0.29) is 5.91 Å². The molecular weight excluding hydrogens is 378 g/mol. The van der Waals surface area contributed by atoms with Crippen LogP contribution in [-0.4, -0.2) is 25.5 Å². The van der Waals surface area contributed by atoms with Crippen LogP contribution >= 0.6 is 31.9 Å². The summed E-state index contributed by atoms with van der Waals surface area (Å²) in [7, 11) is 1.84. The summed E-state index contributed by atoms with van der Waals surface area (Å²) >= 11 is 6.70. The third-order valence-electron chi connectivity index (χ3n) is 2.63. The molecule has 0 unspecified atom stereocenters. The van der Waals surface area contributed by atoms with E-state index < -0.39 is 0 Å². The number of aromatic nitrogens is 4. The lowest BCUT2D eigenvalue weighted by Crippen LogP contribution is -2.25. The van der Waals surface area contributed by atoms with E-state index >= 15 is 0 Å². The summed E-state index contributed by atoms with van der Waals surface area (Å²) in [6.45, 7) is 1.02. The Kier molecular flexibility index (Phi) is 4.76. The topological polar surface area (TPSA) is 64.7 Å². The maximum atomic E-state index is 11.7. The first-order valence-corrected chi connectivity index (χ1v) is 7.26. The number of aryl methyl sites for hydroxylation is 2. The number of amides is 1. The molecule has 0 aliphatic rings. The molecule has 0 fully saturated rings. The molecule has 0 radical (unpaired) electrons. The lowest BCUT2D eigenvalue weighted by molar-refractivity contribution is -0.121. The van der Waals surface area contributed by atoms with Crippen molar-refractivity contribution in [1.29, 1.82) is 0 Å². The van der Waals surface area contributed by atoms with Gasteiger partial charge in [-0.2, -0.15) is 10.2 Å². The van der Waals surface area contributed by atoms with Gasteiger partial charge in [-0.3, -0.25) is 14.2 Å². The summed E-state index contributed by atoms with van der Waals surface area (Å²) in [4.78, 5) is 11.7. The second-order valence-electron chi connectivity index (χ2n) is 4.01. The van der Waals surface area contributed by atoms with Crippen molar-refractivity contribution in [2.75, 3.05) is 0 Å². The summed E-state index contributed by atoms with van der Waals surface area (Å²) in [5.41, 5.74) is 0.940. The Morgan fingerprint density at radius 3 is 2.74 bits per heavy atom. The predicted octanol–water partition coefficient (Wildman–Crippen LogP) is 1.85. The molecule has 6 nitrogen and oxygen atoms in total. The fraction of sp³-hybridized carbons (Fsp3) is 0.364. The van der Waals surface area contributed by atoms with E-state index in [1.54, 1.807) is 21.8 Å². The molecule has 8 heteroatoms. The Bertz CT molecular complexity index is 558. The Morgan fingerprint density at radius 1 is 1.37 bits per heavy atom. The van der Waals surface area contributed by atoms with E-state index in [4.69, 9.17) is 0 Å². The van der Waals surface area contributed by atoms with E-state index in [1.807, 2.05) is 13.2 Å². The van der Waals surface area contributed by atoms with Gasteiger partial charge >= 0.3 is 0 Å². The van der Waals surface area contributed by atoms with E-state index in [9.17, 15) is 4.79 Å². The molecule has 2 aromatic heterocycles. The van der Waals surface area contributed by atoms with Crippen LogP contribution in [0.2, 0.25) is 0 Å². The molecule has 0 aromatic carbocycles. The highest BCUT2D eigenvalue weighted by molar-refractivity contribution is 9.10. The van der Waals surface area contributed by atoms with Gasteiger partial charge in [0, 0.05) is 26.2 Å². The second kappa shape index (κ2) is 6.33. The highest BCUT2D eigenvalue weighted by Gasteiger charge is 2.08. The number of nitrogens with one attached hydrogen (secondary N) is 1. The van der Waals surface area contributed by atoms with Crippen LogP contribution in [0.15, 0.2) is 27.5 Å². The molecule has 0 bridgehead atoms. The van der Waals surface area contributed by atoms with Gasteiger partial charge in [-0.25, -0.2) is 0 Å². The average Bonchev–Trinajstić information content (AvgIpc) is 2.92. The van der Waals surface area contributed by atoms with Crippen molar-refractivity contribution in [1.82, 2.24) is 24.9 Å². The first-order chi connectivity index (χ1) is 9.06. The van der Waals surface area contributed by atoms with Gasteiger partial charge in [0.05, 0.1) is 33.6 Å². The van der Waals surface area contributed by atoms with E-state index in [2.05, 4.69) is 47.4 Å². The summed E-state index contributed by atoms with van der Waals surface area (Å²) < 4.78 is 5.26. The number of halogens is 2. The lowest BCUT2D eigenvalue weighted by Gasteiger charge is -2.06. The smallest absolute Gasteiger partial charge is 0.222 e. The van der Waals surface area contributed by atoms with Gasteiger partial charge < -0.3 is 5.32 Å². The van der Waals surface area contributed by atoms with Crippen LogP contribution in [0.25, 0.3) is 0 Å². The summed E-state index contributed by atoms with van der Waals surface area (Å²) in [5, 5.41) is 11.0. The monoisotopic (exact) mass is 389 g/mol. The van der Waals surface area contributed by atoms with E-state index in [0.717, 1.165) is 14.6 Å². The first kappa shape index (κ1) is 14.3. The van der Waals surface area contributed by atoms with Gasteiger partial charge in [-0.1, -0.05) is 0 Å². The fourth-order valence-corrected chi connectivity index (χ4v) is 2.40. The van der Waals surface area contributed by atoms with Crippen LogP contribution < -0.4 is 5.32 Å². The minimum Gasteiger partial charge on any atom is -0.350 e. The number of nitrogens with zero attached hydrogens (tertiary/aromatic N) is 4. The van der Waals surface area contributed by atoms with Crippen LogP contribution in [0.3, 0.4) is 0 Å². The highest BCUT2D eigenvalue weighted by atomic mass is 79.9. The van der Waals surface area contributed by atoms with Gasteiger partial charge in [0.1, 0.15) is 0 Å². The zero-order valence-corrected chi connectivity index (χ0v) is 13.5. The largest absolute Gasteiger partial charge is 0.350 e. The van der Waals surface area contributed by atoms with Crippen molar-refractivity contribution in [3.63, 3.8) is 0 Å². The van der Waals surface area contributed by atoms with Gasteiger partial charge in [0.2, 0.25) is 5.91 Å². The van der Waals surface area contributed by atoms with Gasteiger partial charge in [-0.05, 0) is 31.9 Å². The zero-order chi connectivity index (χ0) is 13.8. The lowest BCUT2D eigenvalue weighted by atomic mass is 10.3. The number of carbonyl (C=O) groups is 1. The maximum absolute atomic E-state index is 11.7. The number of carbonyl (C=O) groups excluding carboxylic acids is 1. The molecule has 1 N–H and O–H groups in total. The normalized spacial score (nSPS) is 10.7. The Labute approximate surface area is 127 Å². The van der Waals surface area contributed by atoms with Crippen LogP contribution in [0.5, 0.6) is 0 Å². The van der Waals surface area contributed by atoms with Gasteiger partial charge in [0.25, 0.3) is 0 Å². The van der Waals surface area contributed by atoms with Crippen molar-refractivity contribution in [2.24, 2.45) is 7.05 Å². The molecule has 2 heterocycles. The molecule has 0 spiro atoms. The number of hydrogen-bond donors (Lipinski definition) is 1. The third kappa shape index (κ3) is 3.90. The summed E-state index contributed by atoms with van der Waals surface area (Å²) in [6, 6.07) is 0. The standard InChI is InChI=1S/C11H13Br2N5O/c1-17-10(9(13)5-15-17)6-14-11(19)2-3-18-7-8(12)4-16-18/h4-5,7H,2-3,6H2,1H3,(H,14,19). The van der Waals surface area contributed by atoms with Crippen LogP contribution in [0, 0.1) is 0 Å². The van der Waals surface area contributed by atoms with Crippen molar-refractivity contribution in [2.45, 2.75) is 19.5 Å². The molecule has 2 rings (SSSR count). The van der Waals surface area contributed by atoms with Gasteiger partial charge in [-0.15, -0.1) is 0 Å². The van der Waals surface area contributed by atoms with E-state index in [0.29, 0.717) is 19.5 Å². The third-order valence-corrected chi connectivity index (χ3v) is 3.71. The molecule has 19 heavy (non-hydrogen) atoms. The molecular formula is C11H13Br2N5O. The number of rotatable bonds is 5. The van der Waals surface area contributed by atoms with Crippen molar-refractivity contribution >= 4 is 37.8 Å². The van der Waals surface area contributed by atoms with Crippen LogP contribution in [-0.2, 0) is 24.9 Å². The molecule has 0 aliphatic carbocycles. The highest BCUT2D eigenvalue weighted by Crippen LogP contribution is 2.14. The molecule has 0 saturated carbocycles. The van der Waals surface area contributed by atoms with Gasteiger partial charge in [0.15, 0.2) is 0 Å². The predicted molar refractivity (Wildman–Crippen MR) is 77.3 cm³/mol. The Hall–Kier alpha value is -1.15. The first-order valence-electron chi connectivity index (χ1n) is 5.67. The molecule has 1 amide bonds.